The summed E-state index contributed by atoms with van der Waals surface area (Å²) in [5.74, 6) is 0. The lowest BCUT2D eigenvalue weighted by atomic mass is 10.0. The molecule has 12 heavy (non-hydrogen) atoms. The minimum Gasteiger partial charge on any atom is -0.394 e. The van der Waals surface area contributed by atoms with Crippen molar-refractivity contribution in [1.82, 2.24) is 4.90 Å². The molecular weight excluding hydrogens is 152 g/mol. The van der Waals surface area contributed by atoms with Crippen LogP contribution in [0.15, 0.2) is 0 Å². The lowest BCUT2D eigenvalue weighted by Crippen LogP contribution is -2.43. The zero-order valence-electron chi connectivity index (χ0n) is 8.51. The van der Waals surface area contributed by atoms with Crippen LogP contribution in [0.2, 0.25) is 0 Å². The molecule has 0 heterocycles. The van der Waals surface area contributed by atoms with Gasteiger partial charge in [-0.05, 0) is 33.0 Å². The summed E-state index contributed by atoms with van der Waals surface area (Å²) in [5, 5.41) is 8.91. The molecule has 0 aromatic rings. The smallest absolute Gasteiger partial charge is 0.0608 e. The van der Waals surface area contributed by atoms with E-state index in [2.05, 4.69) is 18.7 Å². The second-order valence-corrected chi connectivity index (χ2v) is 3.59. The maximum Gasteiger partial charge on any atom is 0.0608 e. The Bertz CT molecular complexity index is 111. The van der Waals surface area contributed by atoms with Crippen molar-refractivity contribution in [1.29, 1.82) is 0 Å². The van der Waals surface area contributed by atoms with E-state index in [1.807, 2.05) is 6.92 Å². The van der Waals surface area contributed by atoms with E-state index in [9.17, 15) is 0 Å². The van der Waals surface area contributed by atoms with E-state index in [4.69, 9.17) is 10.8 Å². The van der Waals surface area contributed by atoms with Gasteiger partial charge in [0.1, 0.15) is 0 Å². The Morgan fingerprint density at radius 2 is 1.83 bits per heavy atom. The molecule has 0 aliphatic heterocycles. The monoisotopic (exact) mass is 174 g/mol. The molecule has 0 fully saturated rings. The predicted molar refractivity (Wildman–Crippen MR) is 52.1 cm³/mol. The average molecular weight is 174 g/mol. The second-order valence-electron chi connectivity index (χ2n) is 3.59. The molecule has 0 spiro atoms. The van der Waals surface area contributed by atoms with Gasteiger partial charge in [0.05, 0.1) is 6.61 Å². The van der Waals surface area contributed by atoms with Gasteiger partial charge in [0.25, 0.3) is 0 Å². The number of aliphatic hydroxyl groups is 1. The van der Waals surface area contributed by atoms with Crippen molar-refractivity contribution in [3.05, 3.63) is 0 Å². The molecular formula is C9H22N2O. The van der Waals surface area contributed by atoms with Crippen molar-refractivity contribution < 1.29 is 5.11 Å². The summed E-state index contributed by atoms with van der Waals surface area (Å²) in [6.45, 7) is 9.30. The highest BCUT2D eigenvalue weighted by molar-refractivity contribution is 4.78. The molecule has 0 aromatic carbocycles. The van der Waals surface area contributed by atoms with Crippen molar-refractivity contribution in [3.8, 4) is 0 Å². The molecule has 74 valence electrons. The second kappa shape index (κ2) is 5.51. The summed E-state index contributed by atoms with van der Waals surface area (Å²) in [7, 11) is 0. The van der Waals surface area contributed by atoms with Gasteiger partial charge in [0.2, 0.25) is 0 Å². The summed E-state index contributed by atoms with van der Waals surface area (Å²) in [5.41, 5.74) is 5.38. The van der Waals surface area contributed by atoms with Crippen LogP contribution in [0.4, 0.5) is 0 Å². The first-order valence-electron chi connectivity index (χ1n) is 4.67. The average Bonchev–Trinajstić information content (AvgIpc) is 2.06. The SMILES string of the molecule is CCN(CC)CCC(C)(N)CO. The van der Waals surface area contributed by atoms with Gasteiger partial charge in [-0.1, -0.05) is 13.8 Å². The molecule has 0 bridgehead atoms. The van der Waals surface area contributed by atoms with Crippen LogP contribution in [-0.2, 0) is 0 Å². The quantitative estimate of drug-likeness (QED) is 0.614. The normalized spacial score (nSPS) is 16.5. The third-order valence-corrected chi connectivity index (χ3v) is 2.25. The Balaban J connectivity index is 3.65. The maximum absolute atomic E-state index is 8.91. The standard InChI is InChI=1S/C9H22N2O/c1-4-11(5-2)7-6-9(3,10)8-12/h12H,4-8,10H2,1-3H3. The summed E-state index contributed by atoms with van der Waals surface area (Å²) in [6, 6.07) is 0. The van der Waals surface area contributed by atoms with Gasteiger partial charge in [-0.3, -0.25) is 0 Å². The highest BCUT2D eigenvalue weighted by Gasteiger charge is 2.17. The van der Waals surface area contributed by atoms with Crippen LogP contribution in [0.3, 0.4) is 0 Å². The molecule has 0 rings (SSSR count). The van der Waals surface area contributed by atoms with Crippen LogP contribution in [-0.4, -0.2) is 41.8 Å². The number of hydrogen-bond donors (Lipinski definition) is 2. The summed E-state index contributed by atoms with van der Waals surface area (Å²) in [6.07, 6.45) is 0.852. The molecule has 0 radical (unpaired) electrons. The van der Waals surface area contributed by atoms with Crippen LogP contribution in [0.5, 0.6) is 0 Å². The first-order chi connectivity index (χ1) is 5.55. The van der Waals surface area contributed by atoms with Crippen LogP contribution >= 0.6 is 0 Å². The van der Waals surface area contributed by atoms with E-state index in [1.165, 1.54) is 0 Å². The van der Waals surface area contributed by atoms with Gasteiger partial charge in [0.15, 0.2) is 0 Å². The third kappa shape index (κ3) is 4.70. The van der Waals surface area contributed by atoms with Crippen LogP contribution in [0.25, 0.3) is 0 Å². The first kappa shape index (κ1) is 11.9. The zero-order valence-corrected chi connectivity index (χ0v) is 8.51. The van der Waals surface area contributed by atoms with Crippen molar-refractivity contribution >= 4 is 0 Å². The number of aliphatic hydroxyl groups excluding tert-OH is 1. The van der Waals surface area contributed by atoms with Crippen LogP contribution < -0.4 is 5.73 Å². The molecule has 0 aliphatic carbocycles. The molecule has 3 N–H and O–H groups in total. The van der Waals surface area contributed by atoms with Gasteiger partial charge in [0, 0.05) is 5.54 Å². The molecule has 1 unspecified atom stereocenters. The Kier molecular flexibility index (Phi) is 5.46. The predicted octanol–water partition coefficient (Wildman–Crippen LogP) is 0.428. The molecule has 3 heteroatoms. The minimum absolute atomic E-state index is 0.0638. The highest BCUT2D eigenvalue weighted by Crippen LogP contribution is 2.05. The fraction of sp³-hybridized carbons (Fsp3) is 1.00. The van der Waals surface area contributed by atoms with E-state index in [1.54, 1.807) is 0 Å². The summed E-state index contributed by atoms with van der Waals surface area (Å²) >= 11 is 0. The van der Waals surface area contributed by atoms with Gasteiger partial charge >= 0.3 is 0 Å². The summed E-state index contributed by atoms with van der Waals surface area (Å²) in [4.78, 5) is 2.31. The summed E-state index contributed by atoms with van der Waals surface area (Å²) < 4.78 is 0. The van der Waals surface area contributed by atoms with Crippen molar-refractivity contribution in [3.63, 3.8) is 0 Å². The first-order valence-corrected chi connectivity index (χ1v) is 4.67. The van der Waals surface area contributed by atoms with E-state index in [-0.39, 0.29) is 6.61 Å². The number of nitrogens with two attached hydrogens (primary N) is 1. The van der Waals surface area contributed by atoms with Crippen molar-refractivity contribution in [2.45, 2.75) is 32.7 Å². The van der Waals surface area contributed by atoms with Crippen molar-refractivity contribution in [2.75, 3.05) is 26.2 Å². The minimum atomic E-state index is -0.414. The maximum atomic E-state index is 8.91. The van der Waals surface area contributed by atoms with Crippen LogP contribution in [0, 0.1) is 0 Å². The number of rotatable bonds is 6. The van der Waals surface area contributed by atoms with E-state index in [0.29, 0.717) is 0 Å². The van der Waals surface area contributed by atoms with Crippen LogP contribution in [0.1, 0.15) is 27.2 Å². The van der Waals surface area contributed by atoms with Gasteiger partial charge in [-0.15, -0.1) is 0 Å². The number of hydrogen-bond acceptors (Lipinski definition) is 3. The number of nitrogens with zero attached hydrogens (tertiary/aromatic N) is 1. The lowest BCUT2D eigenvalue weighted by molar-refractivity contribution is 0.179. The molecule has 3 nitrogen and oxygen atoms in total. The molecule has 0 saturated carbocycles. The molecule has 0 saturated heterocycles. The van der Waals surface area contributed by atoms with Crippen molar-refractivity contribution in [2.24, 2.45) is 5.73 Å². The van der Waals surface area contributed by atoms with E-state index >= 15 is 0 Å². The Labute approximate surface area is 75.6 Å². The van der Waals surface area contributed by atoms with Gasteiger partial charge < -0.3 is 15.7 Å². The topological polar surface area (TPSA) is 49.5 Å². The fourth-order valence-electron chi connectivity index (χ4n) is 1.03. The third-order valence-electron chi connectivity index (χ3n) is 2.25. The van der Waals surface area contributed by atoms with Gasteiger partial charge in [-0.2, -0.15) is 0 Å². The van der Waals surface area contributed by atoms with E-state index < -0.39 is 5.54 Å². The zero-order chi connectivity index (χ0) is 9.61. The Morgan fingerprint density at radius 3 is 2.17 bits per heavy atom. The Hall–Kier alpha value is -0.120. The largest absolute Gasteiger partial charge is 0.394 e. The highest BCUT2D eigenvalue weighted by atomic mass is 16.3. The molecule has 0 aromatic heterocycles. The molecule has 0 aliphatic rings. The van der Waals surface area contributed by atoms with E-state index in [0.717, 1.165) is 26.1 Å². The Morgan fingerprint density at radius 1 is 1.33 bits per heavy atom. The van der Waals surface area contributed by atoms with Gasteiger partial charge in [-0.25, -0.2) is 0 Å². The molecule has 1 atom stereocenters. The lowest BCUT2D eigenvalue weighted by Gasteiger charge is -2.26. The molecule has 0 amide bonds. The fourth-order valence-corrected chi connectivity index (χ4v) is 1.03.